The number of nitriles is 2. The van der Waals surface area contributed by atoms with Gasteiger partial charge in [0.2, 0.25) is 0 Å². The number of nitrogens with one attached hydrogen (secondary N) is 1. The predicted molar refractivity (Wildman–Crippen MR) is 76.0 cm³/mol. The van der Waals surface area contributed by atoms with Gasteiger partial charge in [0, 0.05) is 17.4 Å². The third-order valence-electron chi connectivity index (χ3n) is 2.77. The molecular weight excluding hydrogens is 290 g/mol. The summed E-state index contributed by atoms with van der Waals surface area (Å²) in [6.07, 6.45) is 1.40. The second-order valence-electron chi connectivity index (χ2n) is 4.98. The smallest absolute Gasteiger partial charge is 0.101 e. The molecule has 0 aromatic heterocycles. The molecule has 0 aliphatic heterocycles. The molecule has 0 bridgehead atoms. The topological polar surface area (TPSA) is 59.6 Å². The van der Waals surface area contributed by atoms with Gasteiger partial charge in [0.15, 0.2) is 0 Å². The Morgan fingerprint density at radius 1 is 1.33 bits per heavy atom. The van der Waals surface area contributed by atoms with Crippen LogP contribution < -0.4 is 5.32 Å². The highest BCUT2D eigenvalue weighted by molar-refractivity contribution is 9.10. The fraction of sp³-hybridized carbons (Fsp3) is 0.429. The van der Waals surface area contributed by atoms with Crippen LogP contribution in [0.1, 0.15) is 32.3 Å². The first-order valence-corrected chi connectivity index (χ1v) is 6.58. The van der Waals surface area contributed by atoms with Gasteiger partial charge in [0.05, 0.1) is 17.3 Å². The van der Waals surface area contributed by atoms with E-state index in [9.17, 15) is 0 Å². The van der Waals surface area contributed by atoms with Gasteiger partial charge in [-0.05, 0) is 30.0 Å². The fourth-order valence-corrected chi connectivity index (χ4v) is 1.94. The third kappa shape index (κ3) is 4.39. The predicted octanol–water partition coefficient (Wildman–Crippen LogP) is 4.06. The van der Waals surface area contributed by atoms with Crippen molar-refractivity contribution in [1.82, 2.24) is 0 Å². The number of hydrogen-bond acceptors (Lipinski definition) is 3. The lowest BCUT2D eigenvalue weighted by Gasteiger charge is -2.24. The van der Waals surface area contributed by atoms with Crippen LogP contribution >= 0.6 is 15.9 Å². The molecule has 1 aromatic rings. The maximum atomic E-state index is 9.06. The Labute approximate surface area is 117 Å². The molecule has 3 nitrogen and oxygen atoms in total. The number of benzene rings is 1. The molecule has 1 N–H and O–H groups in total. The van der Waals surface area contributed by atoms with E-state index in [-0.39, 0.29) is 5.41 Å². The summed E-state index contributed by atoms with van der Waals surface area (Å²) in [6, 6.07) is 9.93. The minimum atomic E-state index is 0.0372. The summed E-state index contributed by atoms with van der Waals surface area (Å²) in [6.45, 7) is 4.97. The number of rotatable bonds is 5. The van der Waals surface area contributed by atoms with Crippen LogP contribution in [0.2, 0.25) is 0 Å². The number of hydrogen-bond donors (Lipinski definition) is 1. The summed E-state index contributed by atoms with van der Waals surface area (Å²) in [5, 5.41) is 21.0. The van der Waals surface area contributed by atoms with Crippen molar-refractivity contribution >= 4 is 21.6 Å². The first-order valence-electron chi connectivity index (χ1n) is 5.79. The van der Waals surface area contributed by atoms with Crippen LogP contribution in [0.4, 0.5) is 5.69 Å². The van der Waals surface area contributed by atoms with Crippen LogP contribution in [-0.4, -0.2) is 6.54 Å². The van der Waals surface area contributed by atoms with Crippen molar-refractivity contribution < 1.29 is 0 Å². The van der Waals surface area contributed by atoms with E-state index in [1.54, 1.807) is 6.07 Å². The molecule has 1 aromatic carbocycles. The van der Waals surface area contributed by atoms with Crippen molar-refractivity contribution in [1.29, 1.82) is 10.5 Å². The van der Waals surface area contributed by atoms with Gasteiger partial charge in [0.25, 0.3) is 0 Å². The van der Waals surface area contributed by atoms with Crippen LogP contribution in [-0.2, 0) is 0 Å². The quantitative estimate of drug-likeness (QED) is 0.892. The lowest BCUT2D eigenvalue weighted by Crippen LogP contribution is -2.23. The molecular formula is C14H16BrN3. The van der Waals surface area contributed by atoms with Gasteiger partial charge in [-0.25, -0.2) is 0 Å². The van der Waals surface area contributed by atoms with Gasteiger partial charge < -0.3 is 5.32 Å². The monoisotopic (exact) mass is 305 g/mol. The van der Waals surface area contributed by atoms with E-state index in [4.69, 9.17) is 10.5 Å². The Bertz CT molecular complexity index is 495. The van der Waals surface area contributed by atoms with Crippen molar-refractivity contribution in [2.45, 2.75) is 26.7 Å². The largest absolute Gasteiger partial charge is 0.383 e. The van der Waals surface area contributed by atoms with Crippen LogP contribution in [0.15, 0.2) is 22.7 Å². The lowest BCUT2D eigenvalue weighted by atomic mass is 9.88. The summed E-state index contributed by atoms with van der Waals surface area (Å²) >= 11 is 3.35. The van der Waals surface area contributed by atoms with Gasteiger partial charge in [-0.2, -0.15) is 10.5 Å². The van der Waals surface area contributed by atoms with Crippen LogP contribution in [0, 0.1) is 28.1 Å². The number of halogens is 1. The van der Waals surface area contributed by atoms with Crippen molar-refractivity contribution in [3.63, 3.8) is 0 Å². The standard InChI is InChI=1S/C14H16BrN3/c1-14(2,6-3-7-16)10-18-13-5-4-12(15)8-11(13)9-17/h4-5,8,18H,3,6,10H2,1-2H3. The molecule has 0 saturated heterocycles. The van der Waals surface area contributed by atoms with E-state index in [1.807, 2.05) is 12.1 Å². The molecule has 0 fully saturated rings. The zero-order chi connectivity index (χ0) is 13.6. The molecule has 0 saturated carbocycles. The molecule has 0 amide bonds. The van der Waals surface area contributed by atoms with Gasteiger partial charge in [-0.3, -0.25) is 0 Å². The van der Waals surface area contributed by atoms with Crippen molar-refractivity contribution in [2.24, 2.45) is 5.41 Å². The van der Waals surface area contributed by atoms with Crippen LogP contribution in [0.3, 0.4) is 0 Å². The van der Waals surface area contributed by atoms with E-state index >= 15 is 0 Å². The molecule has 0 radical (unpaired) electrons. The maximum Gasteiger partial charge on any atom is 0.101 e. The second-order valence-corrected chi connectivity index (χ2v) is 5.89. The normalized spacial score (nSPS) is 10.5. The first kappa shape index (κ1) is 14.5. The fourth-order valence-electron chi connectivity index (χ4n) is 1.58. The Morgan fingerprint density at radius 3 is 2.67 bits per heavy atom. The molecule has 0 heterocycles. The van der Waals surface area contributed by atoms with E-state index in [0.717, 1.165) is 23.1 Å². The highest BCUT2D eigenvalue weighted by Crippen LogP contribution is 2.25. The van der Waals surface area contributed by atoms with Crippen molar-refractivity contribution in [3.05, 3.63) is 28.2 Å². The van der Waals surface area contributed by atoms with E-state index in [0.29, 0.717) is 12.0 Å². The molecule has 18 heavy (non-hydrogen) atoms. The number of nitrogens with zero attached hydrogens (tertiary/aromatic N) is 2. The molecule has 0 aliphatic carbocycles. The molecule has 0 spiro atoms. The summed E-state index contributed by atoms with van der Waals surface area (Å²) < 4.78 is 0.897. The molecule has 94 valence electrons. The summed E-state index contributed by atoms with van der Waals surface area (Å²) in [4.78, 5) is 0. The first-order chi connectivity index (χ1) is 8.48. The Balaban J connectivity index is 2.70. The lowest BCUT2D eigenvalue weighted by molar-refractivity contribution is 0.364. The summed E-state index contributed by atoms with van der Waals surface area (Å²) in [7, 11) is 0. The van der Waals surface area contributed by atoms with Gasteiger partial charge in [-0.1, -0.05) is 29.8 Å². The van der Waals surface area contributed by atoms with E-state index in [2.05, 4.69) is 47.2 Å². The highest BCUT2D eigenvalue weighted by Gasteiger charge is 2.17. The van der Waals surface area contributed by atoms with Gasteiger partial charge in [0.1, 0.15) is 6.07 Å². The average molecular weight is 306 g/mol. The molecule has 0 aliphatic rings. The Hall–Kier alpha value is -1.52. The molecule has 1 rings (SSSR count). The second kappa shape index (κ2) is 6.42. The third-order valence-corrected chi connectivity index (χ3v) is 3.27. The molecule has 0 unspecified atom stereocenters. The van der Waals surface area contributed by atoms with Gasteiger partial charge >= 0.3 is 0 Å². The maximum absolute atomic E-state index is 9.06. The van der Waals surface area contributed by atoms with Gasteiger partial charge in [-0.15, -0.1) is 0 Å². The highest BCUT2D eigenvalue weighted by atomic mass is 79.9. The minimum Gasteiger partial charge on any atom is -0.383 e. The summed E-state index contributed by atoms with van der Waals surface area (Å²) in [5.74, 6) is 0. The zero-order valence-electron chi connectivity index (χ0n) is 10.6. The van der Waals surface area contributed by atoms with Crippen LogP contribution in [0.5, 0.6) is 0 Å². The molecule has 0 atom stereocenters. The van der Waals surface area contributed by atoms with Crippen molar-refractivity contribution in [3.8, 4) is 12.1 Å². The van der Waals surface area contributed by atoms with E-state index in [1.165, 1.54) is 0 Å². The zero-order valence-corrected chi connectivity index (χ0v) is 12.2. The van der Waals surface area contributed by atoms with Crippen LogP contribution in [0.25, 0.3) is 0 Å². The van der Waals surface area contributed by atoms with Crippen molar-refractivity contribution in [2.75, 3.05) is 11.9 Å². The Kier molecular flexibility index (Phi) is 5.19. The summed E-state index contributed by atoms with van der Waals surface area (Å²) in [5.41, 5.74) is 1.50. The Morgan fingerprint density at radius 2 is 2.06 bits per heavy atom. The van der Waals surface area contributed by atoms with E-state index < -0.39 is 0 Å². The number of anilines is 1. The molecule has 4 heteroatoms. The average Bonchev–Trinajstić information content (AvgIpc) is 2.35. The SMILES string of the molecule is CC(C)(CCC#N)CNc1ccc(Br)cc1C#N. The minimum absolute atomic E-state index is 0.0372.